The Morgan fingerprint density at radius 2 is 2.12 bits per heavy atom. The maximum Gasteiger partial charge on any atom is 0.325 e. The minimum Gasteiger partial charge on any atom is -0.468 e. The molecule has 2 N–H and O–H groups in total. The second-order valence-electron chi connectivity index (χ2n) is 3.08. The average Bonchev–Trinajstić information content (AvgIpc) is 2.34. The van der Waals surface area contributed by atoms with E-state index < -0.39 is 0 Å². The Bertz CT molecular complexity index is 368. The summed E-state index contributed by atoms with van der Waals surface area (Å²) >= 11 is 0. The molecule has 0 aliphatic carbocycles. The summed E-state index contributed by atoms with van der Waals surface area (Å²) < 4.78 is 4.54. The Labute approximate surface area is 94.4 Å². The fourth-order valence-corrected chi connectivity index (χ4v) is 1.34. The van der Waals surface area contributed by atoms with Crippen LogP contribution in [0.4, 0.5) is 11.6 Å². The molecule has 88 valence electrons. The van der Waals surface area contributed by atoms with Crippen molar-refractivity contribution in [3.8, 4) is 0 Å². The van der Waals surface area contributed by atoms with Crippen molar-refractivity contribution in [1.82, 2.24) is 9.97 Å². The summed E-state index contributed by atoms with van der Waals surface area (Å²) in [6, 6.07) is 0. The lowest BCUT2D eigenvalue weighted by molar-refractivity contribution is -0.138. The molecule has 6 nitrogen and oxygen atoms in total. The van der Waals surface area contributed by atoms with Gasteiger partial charge in [0.05, 0.1) is 7.11 Å². The number of esters is 1. The maximum absolute atomic E-state index is 11.0. The first-order chi connectivity index (χ1) is 7.72. The number of carbonyl (C=O) groups is 1. The van der Waals surface area contributed by atoms with Crippen molar-refractivity contribution in [2.75, 3.05) is 31.3 Å². The van der Waals surface area contributed by atoms with Crippen molar-refractivity contribution in [1.29, 1.82) is 0 Å². The fourth-order valence-electron chi connectivity index (χ4n) is 1.34. The zero-order valence-corrected chi connectivity index (χ0v) is 9.70. The number of nitrogens with zero attached hydrogens (tertiary/aromatic N) is 2. The molecule has 0 saturated heterocycles. The number of hydrogen-bond acceptors (Lipinski definition) is 6. The molecular weight excluding hydrogens is 208 g/mol. The first kappa shape index (κ1) is 12.2. The van der Waals surface area contributed by atoms with Crippen LogP contribution in [0.1, 0.15) is 12.5 Å². The zero-order valence-electron chi connectivity index (χ0n) is 9.70. The van der Waals surface area contributed by atoms with Crippen LogP contribution in [0.25, 0.3) is 0 Å². The molecule has 0 amide bonds. The van der Waals surface area contributed by atoms with Gasteiger partial charge in [0.1, 0.15) is 24.5 Å². The standard InChI is InChI=1S/C10H16N4O2/c1-4-7-9(11-2)13-6-14-10(7)12-5-8(15)16-3/h6H,4-5H2,1-3H3,(H2,11,12,13,14). The van der Waals surface area contributed by atoms with Crippen molar-refractivity contribution < 1.29 is 9.53 Å². The SMILES string of the molecule is CCc1c(NC)ncnc1NCC(=O)OC. The van der Waals surface area contributed by atoms with Crippen LogP contribution in [0.2, 0.25) is 0 Å². The highest BCUT2D eigenvalue weighted by Gasteiger charge is 2.09. The first-order valence-corrected chi connectivity index (χ1v) is 5.05. The minimum atomic E-state index is -0.327. The molecule has 1 aromatic heterocycles. The quantitative estimate of drug-likeness (QED) is 0.716. The Hall–Kier alpha value is -1.85. The van der Waals surface area contributed by atoms with Crippen molar-refractivity contribution in [2.45, 2.75) is 13.3 Å². The second-order valence-corrected chi connectivity index (χ2v) is 3.08. The van der Waals surface area contributed by atoms with Crippen LogP contribution < -0.4 is 10.6 Å². The largest absolute Gasteiger partial charge is 0.468 e. The van der Waals surface area contributed by atoms with Gasteiger partial charge in [-0.15, -0.1) is 0 Å². The van der Waals surface area contributed by atoms with E-state index in [2.05, 4.69) is 25.3 Å². The van der Waals surface area contributed by atoms with E-state index in [1.165, 1.54) is 13.4 Å². The number of hydrogen-bond donors (Lipinski definition) is 2. The van der Waals surface area contributed by atoms with Gasteiger partial charge in [-0.05, 0) is 6.42 Å². The molecule has 1 aromatic rings. The lowest BCUT2D eigenvalue weighted by Crippen LogP contribution is -2.17. The normalized spacial score (nSPS) is 9.69. The molecule has 1 rings (SSSR count). The minimum absolute atomic E-state index is 0.101. The summed E-state index contributed by atoms with van der Waals surface area (Å²) in [5.74, 6) is 1.10. The van der Waals surface area contributed by atoms with Gasteiger partial charge in [-0.2, -0.15) is 0 Å². The van der Waals surface area contributed by atoms with Gasteiger partial charge < -0.3 is 15.4 Å². The molecule has 0 atom stereocenters. The highest BCUT2D eigenvalue weighted by Crippen LogP contribution is 2.19. The van der Waals surface area contributed by atoms with Gasteiger partial charge in [-0.25, -0.2) is 9.97 Å². The van der Waals surface area contributed by atoms with Crippen molar-refractivity contribution in [3.63, 3.8) is 0 Å². The van der Waals surface area contributed by atoms with Crippen LogP contribution in [0.3, 0.4) is 0 Å². The maximum atomic E-state index is 11.0. The summed E-state index contributed by atoms with van der Waals surface area (Å²) in [5, 5.41) is 5.91. The summed E-state index contributed by atoms with van der Waals surface area (Å²) in [4.78, 5) is 19.2. The first-order valence-electron chi connectivity index (χ1n) is 5.05. The molecule has 0 spiro atoms. The molecule has 16 heavy (non-hydrogen) atoms. The Morgan fingerprint density at radius 3 is 2.69 bits per heavy atom. The third-order valence-corrected chi connectivity index (χ3v) is 2.16. The van der Waals surface area contributed by atoms with E-state index in [1.807, 2.05) is 6.92 Å². The number of methoxy groups -OCH3 is 1. The van der Waals surface area contributed by atoms with Gasteiger partial charge in [-0.1, -0.05) is 6.92 Å². The Balaban J connectivity index is 2.82. The predicted octanol–water partition coefficient (Wildman–Crippen LogP) is 0.666. The molecule has 0 unspecified atom stereocenters. The van der Waals surface area contributed by atoms with Gasteiger partial charge in [0.25, 0.3) is 0 Å². The van der Waals surface area contributed by atoms with Crippen molar-refractivity contribution >= 4 is 17.6 Å². The summed E-state index contributed by atoms with van der Waals surface area (Å²) in [6.07, 6.45) is 2.23. The summed E-state index contributed by atoms with van der Waals surface area (Å²) in [5.41, 5.74) is 0.953. The lowest BCUT2D eigenvalue weighted by Gasteiger charge is -2.11. The number of ether oxygens (including phenoxy) is 1. The van der Waals surface area contributed by atoms with Crippen LogP contribution >= 0.6 is 0 Å². The van der Waals surface area contributed by atoms with Gasteiger partial charge in [0.15, 0.2) is 0 Å². The molecule has 0 saturated carbocycles. The van der Waals surface area contributed by atoms with Crippen molar-refractivity contribution in [3.05, 3.63) is 11.9 Å². The fraction of sp³-hybridized carbons (Fsp3) is 0.500. The van der Waals surface area contributed by atoms with Gasteiger partial charge in [-0.3, -0.25) is 4.79 Å². The number of rotatable bonds is 5. The van der Waals surface area contributed by atoms with Crippen LogP contribution in [-0.2, 0) is 16.0 Å². The molecule has 0 aliphatic heterocycles. The number of anilines is 2. The molecule has 1 heterocycles. The van der Waals surface area contributed by atoms with E-state index in [9.17, 15) is 4.79 Å². The molecule has 6 heteroatoms. The smallest absolute Gasteiger partial charge is 0.325 e. The highest BCUT2D eigenvalue weighted by atomic mass is 16.5. The number of carbonyl (C=O) groups excluding carboxylic acids is 1. The molecule has 0 bridgehead atoms. The van der Waals surface area contributed by atoms with Crippen LogP contribution in [0.15, 0.2) is 6.33 Å². The van der Waals surface area contributed by atoms with E-state index >= 15 is 0 Å². The monoisotopic (exact) mass is 224 g/mol. The predicted molar refractivity (Wildman–Crippen MR) is 61.5 cm³/mol. The molecule has 0 aliphatic rings. The second kappa shape index (κ2) is 5.89. The van der Waals surface area contributed by atoms with Crippen LogP contribution in [0, 0.1) is 0 Å². The average molecular weight is 224 g/mol. The van der Waals surface area contributed by atoms with Gasteiger partial charge in [0, 0.05) is 12.6 Å². The highest BCUT2D eigenvalue weighted by molar-refractivity contribution is 5.75. The summed E-state index contributed by atoms with van der Waals surface area (Å²) in [6.45, 7) is 2.10. The lowest BCUT2D eigenvalue weighted by atomic mass is 10.2. The van der Waals surface area contributed by atoms with E-state index in [0.717, 1.165) is 17.8 Å². The Kier molecular flexibility index (Phi) is 4.50. The van der Waals surface area contributed by atoms with Crippen LogP contribution in [-0.4, -0.2) is 36.6 Å². The van der Waals surface area contributed by atoms with E-state index in [4.69, 9.17) is 0 Å². The molecular formula is C10H16N4O2. The molecule has 0 aromatic carbocycles. The Morgan fingerprint density at radius 1 is 1.44 bits per heavy atom. The van der Waals surface area contributed by atoms with E-state index in [-0.39, 0.29) is 12.5 Å². The van der Waals surface area contributed by atoms with Gasteiger partial charge >= 0.3 is 5.97 Å². The third-order valence-electron chi connectivity index (χ3n) is 2.16. The van der Waals surface area contributed by atoms with E-state index in [1.54, 1.807) is 7.05 Å². The van der Waals surface area contributed by atoms with Crippen LogP contribution in [0.5, 0.6) is 0 Å². The number of aromatic nitrogens is 2. The number of nitrogens with one attached hydrogen (secondary N) is 2. The summed E-state index contributed by atoms with van der Waals surface area (Å²) in [7, 11) is 3.15. The van der Waals surface area contributed by atoms with Crippen molar-refractivity contribution in [2.24, 2.45) is 0 Å². The van der Waals surface area contributed by atoms with E-state index in [0.29, 0.717) is 5.82 Å². The third kappa shape index (κ3) is 2.82. The topological polar surface area (TPSA) is 76.1 Å². The molecule has 0 fully saturated rings. The van der Waals surface area contributed by atoms with Gasteiger partial charge in [0.2, 0.25) is 0 Å². The zero-order chi connectivity index (χ0) is 12.0. The molecule has 0 radical (unpaired) electrons.